The van der Waals surface area contributed by atoms with Crippen LogP contribution in [0.4, 0.5) is 0 Å². The highest BCUT2D eigenvalue weighted by molar-refractivity contribution is 7.80. The Hall–Kier alpha value is -3.19. The number of aryl methyl sites for hydroxylation is 1. The molecule has 4 rings (SSSR count). The number of hydrogen-bond acceptors (Lipinski definition) is 4. The van der Waals surface area contributed by atoms with Gasteiger partial charge in [0.2, 0.25) is 0 Å². The van der Waals surface area contributed by atoms with Gasteiger partial charge < -0.3 is 19.5 Å². The molecule has 1 saturated heterocycles. The Kier molecular flexibility index (Phi) is 5.81. The topological polar surface area (TPSA) is 59.4 Å². The molecular formula is C23H24N4O2S. The Labute approximate surface area is 181 Å². The maximum absolute atomic E-state index is 12.3. The quantitative estimate of drug-likeness (QED) is 0.485. The molecule has 0 radical (unpaired) electrons. The number of benzene rings is 1. The monoisotopic (exact) mass is 420 g/mol. The molecule has 2 aromatic heterocycles. The van der Waals surface area contributed by atoms with Gasteiger partial charge in [0.05, 0.1) is 24.4 Å². The summed E-state index contributed by atoms with van der Waals surface area (Å²) < 4.78 is 7.33. The van der Waals surface area contributed by atoms with Crippen molar-refractivity contribution < 1.29 is 9.53 Å². The molecule has 3 aromatic rings. The molecule has 1 aliphatic rings. The van der Waals surface area contributed by atoms with Crippen LogP contribution in [0.5, 0.6) is 0 Å². The number of carbonyl (C=O) groups excluding carboxylic acids is 1. The highest BCUT2D eigenvalue weighted by Gasteiger charge is 2.42. The van der Waals surface area contributed by atoms with Crippen LogP contribution in [-0.4, -0.2) is 38.7 Å². The van der Waals surface area contributed by atoms with E-state index >= 15 is 0 Å². The van der Waals surface area contributed by atoms with E-state index in [-0.39, 0.29) is 24.6 Å². The minimum Gasteiger partial charge on any atom is -0.465 e. The van der Waals surface area contributed by atoms with Crippen LogP contribution in [0.3, 0.4) is 0 Å². The lowest BCUT2D eigenvalue weighted by atomic mass is 10.0. The summed E-state index contributed by atoms with van der Waals surface area (Å²) in [5, 5.41) is 3.88. The molecule has 0 aliphatic carbocycles. The number of aromatic nitrogens is 2. The van der Waals surface area contributed by atoms with Gasteiger partial charge in [-0.1, -0.05) is 23.8 Å². The lowest BCUT2D eigenvalue weighted by molar-refractivity contribution is -0.143. The third-order valence-electron chi connectivity index (χ3n) is 5.20. The molecule has 0 bridgehead atoms. The molecule has 2 unspecified atom stereocenters. The first-order chi connectivity index (χ1) is 14.6. The summed E-state index contributed by atoms with van der Waals surface area (Å²) in [4.78, 5) is 18.8. The second kappa shape index (κ2) is 8.67. The van der Waals surface area contributed by atoms with Crippen LogP contribution in [0, 0.1) is 6.92 Å². The van der Waals surface area contributed by atoms with E-state index in [4.69, 9.17) is 17.0 Å². The van der Waals surface area contributed by atoms with Crippen molar-refractivity contribution in [3.05, 3.63) is 83.9 Å². The largest absolute Gasteiger partial charge is 0.465 e. The number of nitrogens with one attached hydrogen (secondary N) is 1. The van der Waals surface area contributed by atoms with Crippen molar-refractivity contribution in [2.75, 3.05) is 13.2 Å². The number of pyridine rings is 1. The number of nitrogens with zero attached hydrogens (tertiary/aromatic N) is 3. The van der Waals surface area contributed by atoms with Crippen molar-refractivity contribution in [2.45, 2.75) is 25.9 Å². The maximum atomic E-state index is 12.3. The van der Waals surface area contributed by atoms with Gasteiger partial charge >= 0.3 is 5.97 Å². The van der Waals surface area contributed by atoms with Gasteiger partial charge in [-0.2, -0.15) is 0 Å². The Morgan fingerprint density at radius 2 is 1.97 bits per heavy atom. The fourth-order valence-electron chi connectivity index (χ4n) is 3.82. The van der Waals surface area contributed by atoms with Gasteiger partial charge in [0.1, 0.15) is 6.54 Å². The van der Waals surface area contributed by atoms with E-state index in [1.54, 1.807) is 13.1 Å². The molecule has 7 heteroatoms. The van der Waals surface area contributed by atoms with Gasteiger partial charge in [-0.05, 0) is 62.5 Å². The average molecular weight is 421 g/mol. The van der Waals surface area contributed by atoms with Crippen LogP contribution in [0.15, 0.2) is 67.0 Å². The molecule has 0 spiro atoms. The second-order valence-corrected chi connectivity index (χ2v) is 7.58. The van der Waals surface area contributed by atoms with E-state index in [1.165, 1.54) is 5.56 Å². The lowest BCUT2D eigenvalue weighted by Crippen LogP contribution is -2.36. The third-order valence-corrected chi connectivity index (χ3v) is 5.55. The van der Waals surface area contributed by atoms with Crippen LogP contribution in [0.25, 0.3) is 5.69 Å². The number of rotatable bonds is 6. The van der Waals surface area contributed by atoms with E-state index in [0.29, 0.717) is 11.7 Å². The minimum atomic E-state index is -0.304. The van der Waals surface area contributed by atoms with Crippen LogP contribution in [-0.2, 0) is 9.53 Å². The Morgan fingerprint density at radius 1 is 1.17 bits per heavy atom. The van der Waals surface area contributed by atoms with Gasteiger partial charge in [0.25, 0.3) is 0 Å². The molecular weight excluding hydrogens is 396 g/mol. The molecule has 6 nitrogen and oxygen atoms in total. The molecule has 1 N–H and O–H groups in total. The zero-order valence-electron chi connectivity index (χ0n) is 17.0. The highest BCUT2D eigenvalue weighted by Crippen LogP contribution is 2.39. The predicted octanol–water partition coefficient (Wildman–Crippen LogP) is 3.72. The number of thiocarbonyl (C=S) groups is 1. The number of ether oxygens (including phenoxy) is 1. The smallest absolute Gasteiger partial charge is 0.325 e. The predicted molar refractivity (Wildman–Crippen MR) is 119 cm³/mol. The standard InChI is InChI=1S/C23H24N4O2S/c1-3-29-20(28)15-27-22(21(25-23(27)30)18-7-4-5-13-24-18)19-8-6-14-26(19)17-11-9-16(2)10-12-17/h4-14,21-22H,3,15H2,1-2H3,(H,25,30). The zero-order chi connectivity index (χ0) is 21.1. The molecule has 1 aromatic carbocycles. The van der Waals surface area contributed by atoms with E-state index in [9.17, 15) is 4.79 Å². The first-order valence-corrected chi connectivity index (χ1v) is 10.4. The maximum Gasteiger partial charge on any atom is 0.325 e. The highest BCUT2D eigenvalue weighted by atomic mass is 32.1. The fraction of sp³-hybridized carbons (Fsp3) is 0.261. The van der Waals surface area contributed by atoms with Crippen molar-refractivity contribution in [1.29, 1.82) is 0 Å². The molecule has 30 heavy (non-hydrogen) atoms. The molecule has 1 fully saturated rings. The van der Waals surface area contributed by atoms with E-state index < -0.39 is 0 Å². The summed E-state index contributed by atoms with van der Waals surface area (Å²) in [7, 11) is 0. The second-order valence-electron chi connectivity index (χ2n) is 7.20. The van der Waals surface area contributed by atoms with Crippen LogP contribution < -0.4 is 5.32 Å². The summed E-state index contributed by atoms with van der Waals surface area (Å²) in [6.07, 6.45) is 3.80. The summed E-state index contributed by atoms with van der Waals surface area (Å²) in [6.45, 7) is 4.28. The van der Waals surface area contributed by atoms with Crippen LogP contribution >= 0.6 is 12.2 Å². The number of hydrogen-bond donors (Lipinski definition) is 1. The molecule has 2 atom stereocenters. The zero-order valence-corrected chi connectivity index (χ0v) is 17.8. The Bertz CT molecular complexity index is 1030. The molecule has 1 aliphatic heterocycles. The summed E-state index contributed by atoms with van der Waals surface area (Å²) >= 11 is 5.62. The number of esters is 1. The van der Waals surface area contributed by atoms with E-state index in [2.05, 4.69) is 52.1 Å². The molecule has 3 heterocycles. The summed E-state index contributed by atoms with van der Waals surface area (Å²) in [5.41, 5.74) is 4.14. The Morgan fingerprint density at radius 3 is 2.67 bits per heavy atom. The van der Waals surface area contributed by atoms with Crippen LogP contribution in [0.1, 0.15) is 36.0 Å². The normalized spacial score (nSPS) is 18.3. The first-order valence-electron chi connectivity index (χ1n) is 9.96. The molecule has 0 amide bonds. The molecule has 0 saturated carbocycles. The van der Waals surface area contributed by atoms with Crippen molar-refractivity contribution in [1.82, 2.24) is 19.8 Å². The molecule has 154 valence electrons. The summed E-state index contributed by atoms with van der Waals surface area (Å²) in [5.74, 6) is -0.304. The SMILES string of the molecule is CCOC(=O)CN1C(=S)NC(c2ccccn2)C1c1cccn1-c1ccc(C)cc1. The van der Waals surface area contributed by atoms with Crippen molar-refractivity contribution >= 4 is 23.3 Å². The van der Waals surface area contributed by atoms with Crippen molar-refractivity contribution in [3.8, 4) is 5.69 Å². The number of carbonyl (C=O) groups is 1. The van der Waals surface area contributed by atoms with Crippen molar-refractivity contribution in [3.63, 3.8) is 0 Å². The average Bonchev–Trinajstić information content (AvgIpc) is 3.34. The summed E-state index contributed by atoms with van der Waals surface area (Å²) in [6, 6.07) is 17.8. The van der Waals surface area contributed by atoms with E-state index in [0.717, 1.165) is 17.1 Å². The fourth-order valence-corrected chi connectivity index (χ4v) is 4.12. The van der Waals surface area contributed by atoms with E-state index in [1.807, 2.05) is 35.4 Å². The van der Waals surface area contributed by atoms with Gasteiger partial charge in [-0.25, -0.2) is 0 Å². The van der Waals surface area contributed by atoms with Crippen molar-refractivity contribution in [2.24, 2.45) is 0 Å². The van der Waals surface area contributed by atoms with Crippen LogP contribution in [0.2, 0.25) is 0 Å². The van der Waals surface area contributed by atoms with Gasteiger partial charge in [-0.3, -0.25) is 9.78 Å². The first kappa shape index (κ1) is 20.1. The third kappa shape index (κ3) is 3.93. The van der Waals surface area contributed by atoms with Gasteiger partial charge in [0.15, 0.2) is 5.11 Å². The van der Waals surface area contributed by atoms with Gasteiger partial charge in [0, 0.05) is 23.8 Å². The Balaban J connectivity index is 1.77. The minimum absolute atomic E-state index is 0.0761. The lowest BCUT2D eigenvalue weighted by Gasteiger charge is -2.28. The van der Waals surface area contributed by atoms with Gasteiger partial charge in [-0.15, -0.1) is 0 Å².